The summed E-state index contributed by atoms with van der Waals surface area (Å²) in [5.74, 6) is -3.12. The van der Waals surface area contributed by atoms with E-state index in [-0.39, 0.29) is 0 Å². The summed E-state index contributed by atoms with van der Waals surface area (Å²) in [6, 6.07) is 11.6. The van der Waals surface area contributed by atoms with Crippen molar-refractivity contribution in [3.63, 3.8) is 0 Å². The van der Waals surface area contributed by atoms with Gasteiger partial charge in [-0.2, -0.15) is 0 Å². The van der Waals surface area contributed by atoms with Gasteiger partial charge in [0.15, 0.2) is 0 Å². The van der Waals surface area contributed by atoms with Crippen LogP contribution in [0.4, 0.5) is 14.5 Å². The van der Waals surface area contributed by atoms with Crippen molar-refractivity contribution in [2.24, 2.45) is 0 Å². The highest BCUT2D eigenvalue weighted by Crippen LogP contribution is 2.27. The Balaban J connectivity index is 1.77. The van der Waals surface area contributed by atoms with E-state index in [4.69, 9.17) is 0 Å². The molecule has 0 atom stereocenters. The summed E-state index contributed by atoms with van der Waals surface area (Å²) in [5.41, 5.74) is 1.42. The quantitative estimate of drug-likeness (QED) is 0.673. The van der Waals surface area contributed by atoms with Crippen LogP contribution in [0.25, 0.3) is 11.1 Å². The van der Waals surface area contributed by atoms with Crippen LogP contribution in [0, 0.1) is 11.6 Å². The van der Waals surface area contributed by atoms with Gasteiger partial charge in [-0.3, -0.25) is 4.79 Å². The molecule has 1 N–H and O–H groups in total. The Morgan fingerprint density at radius 2 is 1.65 bits per heavy atom. The van der Waals surface area contributed by atoms with Crippen molar-refractivity contribution < 1.29 is 23.1 Å². The average Bonchev–Trinajstić information content (AvgIpc) is 3.11. The first-order valence-corrected chi connectivity index (χ1v) is 8.40. The lowest BCUT2D eigenvalue weighted by atomic mass is 10.1. The van der Waals surface area contributed by atoms with Gasteiger partial charge in [0.25, 0.3) is 5.91 Å². The molecule has 4 nitrogen and oxygen atoms in total. The Bertz CT molecular complexity index is 947. The normalized spacial score (nSPS) is 10.4. The van der Waals surface area contributed by atoms with Crippen LogP contribution in [-0.2, 0) is 4.74 Å². The van der Waals surface area contributed by atoms with Crippen molar-refractivity contribution in [2.45, 2.75) is 0 Å². The molecule has 0 fully saturated rings. The minimum Gasteiger partial charge on any atom is -0.465 e. The van der Waals surface area contributed by atoms with E-state index < -0.39 is 29.1 Å². The molecular weight excluding hydrogens is 360 g/mol. The summed E-state index contributed by atoms with van der Waals surface area (Å²) in [6.07, 6.45) is 0. The number of hydrogen-bond acceptors (Lipinski definition) is 4. The number of thiophene rings is 1. The molecule has 0 saturated carbocycles. The number of benzene rings is 2. The third-order valence-electron chi connectivity index (χ3n) is 3.65. The zero-order valence-corrected chi connectivity index (χ0v) is 14.4. The van der Waals surface area contributed by atoms with Crippen LogP contribution in [0.1, 0.15) is 20.0 Å². The predicted molar refractivity (Wildman–Crippen MR) is 95.4 cm³/mol. The van der Waals surface area contributed by atoms with Crippen LogP contribution in [0.3, 0.4) is 0 Å². The molecule has 7 heteroatoms. The van der Waals surface area contributed by atoms with Crippen molar-refractivity contribution in [3.8, 4) is 11.1 Å². The molecule has 3 rings (SSSR count). The first kappa shape index (κ1) is 17.8. The number of rotatable bonds is 4. The molecule has 1 aromatic heterocycles. The smallest absolute Gasteiger partial charge is 0.348 e. The summed E-state index contributed by atoms with van der Waals surface area (Å²) < 4.78 is 32.0. The van der Waals surface area contributed by atoms with Gasteiger partial charge in [-0.1, -0.05) is 18.2 Å². The van der Waals surface area contributed by atoms with Crippen molar-refractivity contribution >= 4 is 28.9 Å². The Labute approximate surface area is 152 Å². The second-order valence-electron chi connectivity index (χ2n) is 5.32. The van der Waals surface area contributed by atoms with E-state index in [1.807, 2.05) is 5.38 Å². The van der Waals surface area contributed by atoms with E-state index in [0.29, 0.717) is 10.6 Å². The van der Waals surface area contributed by atoms with E-state index >= 15 is 0 Å². The van der Waals surface area contributed by atoms with Crippen molar-refractivity contribution in [2.75, 3.05) is 12.4 Å². The summed E-state index contributed by atoms with van der Waals surface area (Å²) in [5, 5.41) is 4.27. The van der Waals surface area contributed by atoms with Crippen LogP contribution >= 0.6 is 11.3 Å². The molecule has 1 heterocycles. The van der Waals surface area contributed by atoms with Gasteiger partial charge in [0.1, 0.15) is 22.1 Å². The van der Waals surface area contributed by atoms with E-state index in [9.17, 15) is 18.4 Å². The second kappa shape index (κ2) is 7.45. The number of amides is 1. The van der Waals surface area contributed by atoms with Gasteiger partial charge in [-0.05, 0) is 46.8 Å². The van der Waals surface area contributed by atoms with E-state index in [1.54, 1.807) is 30.3 Å². The molecule has 0 aliphatic rings. The molecule has 0 aliphatic carbocycles. The summed E-state index contributed by atoms with van der Waals surface area (Å²) in [4.78, 5) is 24.1. The highest BCUT2D eigenvalue weighted by atomic mass is 32.1. The van der Waals surface area contributed by atoms with Crippen LogP contribution in [0.2, 0.25) is 0 Å². The number of esters is 1. The average molecular weight is 373 g/mol. The molecule has 0 aliphatic heterocycles. The van der Waals surface area contributed by atoms with Crippen molar-refractivity contribution in [1.82, 2.24) is 0 Å². The monoisotopic (exact) mass is 373 g/mol. The number of anilines is 1. The number of methoxy groups -OCH3 is 1. The molecule has 26 heavy (non-hydrogen) atoms. The van der Waals surface area contributed by atoms with Crippen molar-refractivity contribution in [3.05, 3.63) is 76.0 Å². The lowest BCUT2D eigenvalue weighted by molar-refractivity contribution is 0.0606. The Hall–Kier alpha value is -3.06. The SMILES string of the molecule is COC(=O)c1cc(-c2ccc(NC(=O)c3c(F)cccc3F)cc2)cs1. The lowest BCUT2D eigenvalue weighted by Gasteiger charge is -2.08. The third-order valence-corrected chi connectivity index (χ3v) is 4.56. The molecular formula is C19H13F2NO3S. The Morgan fingerprint density at radius 1 is 1.00 bits per heavy atom. The fraction of sp³-hybridized carbons (Fsp3) is 0.0526. The zero-order valence-electron chi connectivity index (χ0n) is 13.6. The maximum Gasteiger partial charge on any atom is 0.348 e. The highest BCUT2D eigenvalue weighted by molar-refractivity contribution is 7.12. The van der Waals surface area contributed by atoms with Gasteiger partial charge in [0.05, 0.1) is 7.11 Å². The van der Waals surface area contributed by atoms with Gasteiger partial charge < -0.3 is 10.1 Å². The summed E-state index contributed by atoms with van der Waals surface area (Å²) in [6.45, 7) is 0. The van der Waals surface area contributed by atoms with Gasteiger partial charge in [0.2, 0.25) is 0 Å². The molecule has 0 bridgehead atoms. The third kappa shape index (κ3) is 3.62. The van der Waals surface area contributed by atoms with Crippen LogP contribution in [-0.4, -0.2) is 19.0 Å². The van der Waals surface area contributed by atoms with Crippen molar-refractivity contribution in [1.29, 1.82) is 0 Å². The van der Waals surface area contributed by atoms with Crippen LogP contribution in [0.5, 0.6) is 0 Å². The number of halogens is 2. The Morgan fingerprint density at radius 3 is 2.27 bits per heavy atom. The van der Waals surface area contributed by atoms with E-state index in [1.165, 1.54) is 24.5 Å². The molecule has 0 radical (unpaired) electrons. The first-order chi connectivity index (χ1) is 12.5. The van der Waals surface area contributed by atoms with E-state index in [2.05, 4.69) is 10.1 Å². The Kier molecular flexibility index (Phi) is 5.09. The summed E-state index contributed by atoms with van der Waals surface area (Å²) in [7, 11) is 1.32. The number of ether oxygens (including phenoxy) is 1. The molecule has 1 amide bonds. The molecule has 0 unspecified atom stereocenters. The standard InChI is InChI=1S/C19H13F2NO3S/c1-25-19(24)16-9-12(10-26-16)11-5-7-13(8-6-11)22-18(23)17-14(20)3-2-4-15(17)21/h2-10H,1H3,(H,22,23). The molecule has 2 aromatic carbocycles. The van der Waals surface area contributed by atoms with Gasteiger partial charge in [-0.25, -0.2) is 13.6 Å². The zero-order chi connectivity index (χ0) is 18.7. The largest absolute Gasteiger partial charge is 0.465 e. The van der Waals surface area contributed by atoms with Gasteiger partial charge >= 0.3 is 5.97 Å². The molecule has 3 aromatic rings. The van der Waals surface area contributed by atoms with E-state index in [0.717, 1.165) is 23.3 Å². The molecule has 0 spiro atoms. The molecule has 132 valence electrons. The fourth-order valence-corrected chi connectivity index (χ4v) is 3.18. The molecule has 0 saturated heterocycles. The highest BCUT2D eigenvalue weighted by Gasteiger charge is 2.17. The lowest BCUT2D eigenvalue weighted by Crippen LogP contribution is -2.15. The van der Waals surface area contributed by atoms with Gasteiger partial charge in [0, 0.05) is 5.69 Å². The predicted octanol–water partition coefficient (Wildman–Crippen LogP) is 4.73. The first-order valence-electron chi connectivity index (χ1n) is 7.52. The van der Waals surface area contributed by atoms with Crippen LogP contribution in [0.15, 0.2) is 53.9 Å². The second-order valence-corrected chi connectivity index (χ2v) is 6.23. The number of nitrogens with one attached hydrogen (secondary N) is 1. The topological polar surface area (TPSA) is 55.4 Å². The summed E-state index contributed by atoms with van der Waals surface area (Å²) >= 11 is 1.26. The number of carbonyl (C=O) groups excluding carboxylic acids is 2. The van der Waals surface area contributed by atoms with Gasteiger partial charge in [-0.15, -0.1) is 11.3 Å². The maximum absolute atomic E-state index is 13.6. The number of carbonyl (C=O) groups is 2. The fourth-order valence-electron chi connectivity index (χ4n) is 2.35. The van der Waals surface area contributed by atoms with Crippen LogP contribution < -0.4 is 5.32 Å². The maximum atomic E-state index is 13.6. The number of hydrogen-bond donors (Lipinski definition) is 1. The minimum absolute atomic E-state index is 0.393. The minimum atomic E-state index is -0.923.